The molecule has 20 heavy (non-hydrogen) atoms. The minimum absolute atomic E-state index is 0.277. The van der Waals surface area contributed by atoms with Crippen LogP contribution >= 0.6 is 15.9 Å². The van der Waals surface area contributed by atoms with Crippen molar-refractivity contribution in [2.75, 3.05) is 6.61 Å². The van der Waals surface area contributed by atoms with E-state index in [1.165, 1.54) is 0 Å². The lowest BCUT2D eigenvalue weighted by atomic mass is 9.89. The smallest absolute Gasteiger partial charge is 0.319 e. The summed E-state index contributed by atoms with van der Waals surface area (Å²) in [4.78, 5) is 23.8. The van der Waals surface area contributed by atoms with E-state index in [1.807, 2.05) is 24.3 Å². The van der Waals surface area contributed by atoms with E-state index in [9.17, 15) is 9.59 Å². The zero-order chi connectivity index (χ0) is 14.7. The van der Waals surface area contributed by atoms with Crippen LogP contribution in [-0.4, -0.2) is 18.6 Å². The average molecular weight is 339 g/mol. The van der Waals surface area contributed by atoms with Gasteiger partial charge in [0.25, 0.3) is 0 Å². The highest BCUT2D eigenvalue weighted by atomic mass is 79.9. The molecule has 1 aromatic rings. The van der Waals surface area contributed by atoms with Crippen molar-refractivity contribution in [1.82, 2.24) is 10.6 Å². The van der Waals surface area contributed by atoms with Gasteiger partial charge in [-0.2, -0.15) is 0 Å². The molecule has 106 valence electrons. The van der Waals surface area contributed by atoms with Crippen LogP contribution in [0.25, 0.3) is 0 Å². The van der Waals surface area contributed by atoms with E-state index in [0.717, 1.165) is 10.0 Å². The highest BCUT2D eigenvalue weighted by Crippen LogP contribution is 2.34. The Balaban J connectivity index is 2.39. The number of nitrogens with one attached hydrogen (secondary N) is 2. The Morgan fingerprint density at radius 2 is 2.15 bits per heavy atom. The van der Waals surface area contributed by atoms with E-state index >= 15 is 0 Å². The number of rotatable bonds is 3. The Morgan fingerprint density at radius 1 is 1.45 bits per heavy atom. The second-order valence-electron chi connectivity index (χ2n) is 4.35. The lowest BCUT2D eigenvalue weighted by molar-refractivity contribution is -0.147. The number of hydrogen-bond donors (Lipinski definition) is 2. The Kier molecular flexibility index (Phi) is 4.44. The summed E-state index contributed by atoms with van der Waals surface area (Å²) >= 11 is 3.43. The van der Waals surface area contributed by atoms with E-state index in [4.69, 9.17) is 4.74 Å². The first-order valence-electron chi connectivity index (χ1n) is 6.22. The third-order valence-corrected chi connectivity index (χ3v) is 3.77. The predicted octanol–water partition coefficient (Wildman–Crippen LogP) is 2.50. The standard InChI is InChI=1S/C14H15BrN2O3/c1-3-20-13(18)11-8(2)16-14(19)17-12(11)9-6-4-5-7-10(9)15/h4-7,11-12H,2-3H2,1H3,(H2,16,17,19). The van der Waals surface area contributed by atoms with Crippen LogP contribution in [0.4, 0.5) is 4.79 Å². The van der Waals surface area contributed by atoms with Crippen molar-refractivity contribution < 1.29 is 14.3 Å². The third-order valence-electron chi connectivity index (χ3n) is 3.05. The molecule has 1 fully saturated rings. The van der Waals surface area contributed by atoms with Gasteiger partial charge in [-0.3, -0.25) is 4.79 Å². The largest absolute Gasteiger partial charge is 0.465 e. The van der Waals surface area contributed by atoms with Gasteiger partial charge in [-0.15, -0.1) is 0 Å². The fourth-order valence-corrected chi connectivity index (χ4v) is 2.71. The lowest BCUT2D eigenvalue weighted by Gasteiger charge is -2.33. The summed E-state index contributed by atoms with van der Waals surface area (Å²) in [5.74, 6) is -1.07. The van der Waals surface area contributed by atoms with Gasteiger partial charge in [-0.1, -0.05) is 40.7 Å². The van der Waals surface area contributed by atoms with Crippen LogP contribution in [-0.2, 0) is 9.53 Å². The normalized spacial score (nSPS) is 21.9. The first kappa shape index (κ1) is 14.6. The second kappa shape index (κ2) is 6.09. The van der Waals surface area contributed by atoms with Gasteiger partial charge in [-0.05, 0) is 18.6 Å². The number of amides is 2. The third kappa shape index (κ3) is 2.85. The van der Waals surface area contributed by atoms with Crippen molar-refractivity contribution in [3.05, 3.63) is 46.6 Å². The molecule has 1 aliphatic rings. The van der Waals surface area contributed by atoms with Crippen LogP contribution in [0, 0.1) is 5.92 Å². The Labute approximate surface area is 125 Å². The second-order valence-corrected chi connectivity index (χ2v) is 5.21. The maximum absolute atomic E-state index is 12.1. The van der Waals surface area contributed by atoms with Crippen LogP contribution < -0.4 is 10.6 Å². The van der Waals surface area contributed by atoms with Crippen molar-refractivity contribution in [3.8, 4) is 0 Å². The van der Waals surface area contributed by atoms with Gasteiger partial charge in [0, 0.05) is 10.2 Å². The lowest BCUT2D eigenvalue weighted by Crippen LogP contribution is -2.51. The maximum atomic E-state index is 12.1. The highest BCUT2D eigenvalue weighted by Gasteiger charge is 2.39. The molecule has 1 aromatic carbocycles. The molecule has 2 N–H and O–H groups in total. The molecule has 6 heteroatoms. The molecule has 2 amide bonds. The molecule has 2 unspecified atom stereocenters. The summed E-state index contributed by atoms with van der Waals surface area (Å²) in [5.41, 5.74) is 1.15. The molecule has 0 bridgehead atoms. The SMILES string of the molecule is C=C1NC(=O)NC(c2ccccc2Br)C1C(=O)OCC. The molecule has 1 saturated heterocycles. The molecule has 0 aliphatic carbocycles. The van der Waals surface area contributed by atoms with Gasteiger partial charge in [0.2, 0.25) is 0 Å². The van der Waals surface area contributed by atoms with E-state index in [-0.39, 0.29) is 12.6 Å². The van der Waals surface area contributed by atoms with Crippen LogP contribution in [0.2, 0.25) is 0 Å². The Morgan fingerprint density at radius 3 is 2.80 bits per heavy atom. The minimum Gasteiger partial charge on any atom is -0.465 e. The van der Waals surface area contributed by atoms with Gasteiger partial charge in [-0.25, -0.2) is 4.79 Å². The van der Waals surface area contributed by atoms with Crippen LogP contribution in [0.3, 0.4) is 0 Å². The van der Waals surface area contributed by atoms with E-state index in [2.05, 4.69) is 33.1 Å². The molecule has 0 radical (unpaired) electrons. The molecular weight excluding hydrogens is 324 g/mol. The summed E-state index contributed by atoms with van der Waals surface area (Å²) in [6, 6.07) is 6.53. The quantitative estimate of drug-likeness (QED) is 0.832. The number of halogens is 1. The molecule has 1 aliphatic heterocycles. The summed E-state index contributed by atoms with van der Waals surface area (Å²) in [6.45, 7) is 5.78. The van der Waals surface area contributed by atoms with E-state index < -0.39 is 17.9 Å². The van der Waals surface area contributed by atoms with Crippen molar-refractivity contribution in [1.29, 1.82) is 0 Å². The number of carbonyl (C=O) groups excluding carboxylic acids is 2. The summed E-state index contributed by atoms with van der Waals surface area (Å²) in [5, 5.41) is 5.28. The minimum atomic E-state index is -0.661. The number of benzene rings is 1. The number of hydrogen-bond acceptors (Lipinski definition) is 3. The number of esters is 1. The first-order valence-corrected chi connectivity index (χ1v) is 7.01. The van der Waals surface area contributed by atoms with Gasteiger partial charge in [0.1, 0.15) is 5.92 Å². The van der Waals surface area contributed by atoms with E-state index in [0.29, 0.717) is 5.70 Å². The maximum Gasteiger partial charge on any atom is 0.319 e. The highest BCUT2D eigenvalue weighted by molar-refractivity contribution is 9.10. The monoisotopic (exact) mass is 338 g/mol. The van der Waals surface area contributed by atoms with Crippen molar-refractivity contribution in [3.63, 3.8) is 0 Å². The van der Waals surface area contributed by atoms with Gasteiger partial charge >= 0.3 is 12.0 Å². The zero-order valence-electron chi connectivity index (χ0n) is 11.0. The fraction of sp³-hybridized carbons (Fsp3) is 0.286. The zero-order valence-corrected chi connectivity index (χ0v) is 12.6. The summed E-state index contributed by atoms with van der Waals surface area (Å²) < 4.78 is 5.89. The van der Waals surface area contributed by atoms with E-state index in [1.54, 1.807) is 6.92 Å². The fourth-order valence-electron chi connectivity index (χ4n) is 2.18. The predicted molar refractivity (Wildman–Crippen MR) is 77.8 cm³/mol. The van der Waals surface area contributed by atoms with Crippen LogP contribution in [0.5, 0.6) is 0 Å². The topological polar surface area (TPSA) is 67.4 Å². The molecule has 0 spiro atoms. The number of ether oxygens (including phenoxy) is 1. The Hall–Kier alpha value is -1.82. The van der Waals surface area contributed by atoms with Gasteiger partial charge < -0.3 is 15.4 Å². The first-order chi connectivity index (χ1) is 9.54. The Bertz CT molecular complexity index is 559. The molecule has 2 rings (SSSR count). The van der Waals surface area contributed by atoms with Crippen LogP contribution in [0.15, 0.2) is 41.0 Å². The van der Waals surface area contributed by atoms with Crippen molar-refractivity contribution in [2.45, 2.75) is 13.0 Å². The molecule has 5 nitrogen and oxygen atoms in total. The summed E-state index contributed by atoms with van der Waals surface area (Å²) in [6.07, 6.45) is 0. The number of urea groups is 1. The van der Waals surface area contributed by atoms with Gasteiger partial charge in [0.15, 0.2) is 0 Å². The summed E-state index contributed by atoms with van der Waals surface area (Å²) in [7, 11) is 0. The molecular formula is C14H15BrN2O3. The van der Waals surface area contributed by atoms with Crippen LogP contribution in [0.1, 0.15) is 18.5 Å². The molecule has 2 atom stereocenters. The average Bonchev–Trinajstić information content (AvgIpc) is 2.38. The molecule has 0 saturated carbocycles. The molecule has 0 aromatic heterocycles. The number of carbonyl (C=O) groups is 2. The van der Waals surface area contributed by atoms with Crippen molar-refractivity contribution in [2.24, 2.45) is 5.92 Å². The van der Waals surface area contributed by atoms with Crippen molar-refractivity contribution >= 4 is 27.9 Å². The van der Waals surface area contributed by atoms with Gasteiger partial charge in [0.05, 0.1) is 12.6 Å². The molecule has 1 heterocycles.